The van der Waals surface area contributed by atoms with Crippen LogP contribution in [0.25, 0.3) is 0 Å². The van der Waals surface area contributed by atoms with Gasteiger partial charge in [-0.15, -0.1) is 0 Å². The third kappa shape index (κ3) is 7.24. The quantitative estimate of drug-likeness (QED) is 0.755. The number of rotatable bonds is 5. The summed E-state index contributed by atoms with van der Waals surface area (Å²) in [5, 5.41) is 15.9. The molecule has 3 rings (SSSR count). The average Bonchev–Trinajstić information content (AvgIpc) is 3.47. The molecule has 1 amide bonds. The van der Waals surface area contributed by atoms with Gasteiger partial charge >= 0.3 is 18.1 Å². The van der Waals surface area contributed by atoms with Gasteiger partial charge in [0.2, 0.25) is 5.91 Å². The van der Waals surface area contributed by atoms with Crippen molar-refractivity contribution < 1.29 is 37.8 Å². The molecule has 1 aliphatic heterocycles. The van der Waals surface area contributed by atoms with E-state index in [4.69, 9.17) is 15.0 Å². The molecule has 1 saturated carbocycles. The molecule has 0 bridgehead atoms. The maximum Gasteiger partial charge on any atom is 0.490 e. The number of hydrogen-bond acceptors (Lipinski definition) is 5. The number of alkyl halides is 3. The van der Waals surface area contributed by atoms with Crippen LogP contribution in [0.2, 0.25) is 0 Å². The van der Waals surface area contributed by atoms with Crippen LogP contribution in [0.5, 0.6) is 0 Å². The second-order valence-corrected chi connectivity index (χ2v) is 6.89. The van der Waals surface area contributed by atoms with Crippen molar-refractivity contribution in [1.82, 2.24) is 9.88 Å². The van der Waals surface area contributed by atoms with Crippen LogP contribution in [0.15, 0.2) is 18.3 Å². The highest BCUT2D eigenvalue weighted by Crippen LogP contribution is 2.32. The molecule has 1 fully saturated rings. The lowest BCUT2D eigenvalue weighted by Crippen LogP contribution is -2.36. The van der Waals surface area contributed by atoms with Crippen LogP contribution in [0.1, 0.15) is 31.2 Å². The smallest absolute Gasteiger partial charge is 0.481 e. The van der Waals surface area contributed by atoms with E-state index in [1.165, 1.54) is 12.8 Å². The number of aromatic nitrogens is 1. The molecule has 29 heavy (non-hydrogen) atoms. The summed E-state index contributed by atoms with van der Waals surface area (Å²) >= 11 is 0. The van der Waals surface area contributed by atoms with E-state index in [0.717, 1.165) is 30.4 Å². The second kappa shape index (κ2) is 9.57. The molecule has 160 valence electrons. The number of anilines is 1. The molecule has 2 heterocycles. The highest BCUT2D eigenvalue weighted by Gasteiger charge is 2.38. The Bertz CT molecular complexity index is 753. The van der Waals surface area contributed by atoms with Crippen LogP contribution >= 0.6 is 0 Å². The first-order valence-corrected chi connectivity index (χ1v) is 9.06. The Kier molecular flexibility index (Phi) is 7.40. The number of hydrogen-bond donors (Lipinski definition) is 2. The fourth-order valence-electron chi connectivity index (χ4n) is 2.85. The monoisotopic (exact) mass is 417 g/mol. The molecular formula is C18H22F3N3O5. The van der Waals surface area contributed by atoms with Gasteiger partial charge in [-0.05, 0) is 24.8 Å². The van der Waals surface area contributed by atoms with E-state index in [-0.39, 0.29) is 18.7 Å². The van der Waals surface area contributed by atoms with E-state index >= 15 is 0 Å². The molecule has 8 nitrogen and oxygen atoms in total. The summed E-state index contributed by atoms with van der Waals surface area (Å²) in [4.78, 5) is 40.3. The van der Waals surface area contributed by atoms with E-state index in [2.05, 4.69) is 9.88 Å². The Morgan fingerprint density at radius 1 is 1.14 bits per heavy atom. The maximum atomic E-state index is 12.2. The van der Waals surface area contributed by atoms with Crippen LogP contribution in [-0.2, 0) is 20.9 Å². The van der Waals surface area contributed by atoms with Crippen LogP contribution in [-0.4, -0.2) is 63.8 Å². The zero-order valence-corrected chi connectivity index (χ0v) is 15.6. The maximum absolute atomic E-state index is 12.2. The van der Waals surface area contributed by atoms with Crippen molar-refractivity contribution in [3.63, 3.8) is 0 Å². The number of carbonyl (C=O) groups excluding carboxylic acids is 1. The highest BCUT2D eigenvalue weighted by molar-refractivity contribution is 5.81. The standard InChI is InChI=1S/C16H21N3O3.C2HF3O2/c20-14(5-6-15(21)22)18-8-9-19(10-12-3-4-12)16-13(11-18)2-1-7-17-16;3-2(4,5)1(6)7/h1-2,7,12H,3-6,8-11H2,(H,21,22);(H,6,7). The zero-order chi connectivity index (χ0) is 21.6. The first-order valence-electron chi connectivity index (χ1n) is 9.06. The summed E-state index contributed by atoms with van der Waals surface area (Å²) in [7, 11) is 0. The highest BCUT2D eigenvalue weighted by atomic mass is 19.4. The van der Waals surface area contributed by atoms with E-state index in [0.29, 0.717) is 13.1 Å². The fraction of sp³-hybridized carbons (Fsp3) is 0.556. The number of pyridine rings is 1. The van der Waals surface area contributed by atoms with Crippen LogP contribution in [0, 0.1) is 5.92 Å². The van der Waals surface area contributed by atoms with Gasteiger partial charge in [0.1, 0.15) is 5.82 Å². The number of carboxylic acids is 2. The van der Waals surface area contributed by atoms with Crippen LogP contribution in [0.3, 0.4) is 0 Å². The SMILES string of the molecule is O=C(O)C(F)(F)F.O=C(O)CCC(=O)N1CCN(CC2CC2)c2ncccc2C1. The van der Waals surface area contributed by atoms with Gasteiger partial charge in [-0.2, -0.15) is 13.2 Å². The number of amides is 1. The predicted molar refractivity (Wildman–Crippen MR) is 95.2 cm³/mol. The van der Waals surface area contributed by atoms with Crippen molar-refractivity contribution in [3.8, 4) is 0 Å². The van der Waals surface area contributed by atoms with Gasteiger partial charge in [0.05, 0.1) is 6.42 Å². The second-order valence-electron chi connectivity index (χ2n) is 6.89. The number of carboxylic acid groups (broad SMARTS) is 2. The van der Waals surface area contributed by atoms with Gasteiger partial charge in [0, 0.05) is 44.4 Å². The van der Waals surface area contributed by atoms with Gasteiger partial charge in [0.25, 0.3) is 0 Å². The molecule has 11 heteroatoms. The first-order chi connectivity index (χ1) is 13.6. The summed E-state index contributed by atoms with van der Waals surface area (Å²) < 4.78 is 31.7. The molecule has 2 N–H and O–H groups in total. The number of aliphatic carboxylic acids is 2. The first kappa shape index (κ1) is 22.4. The topological polar surface area (TPSA) is 111 Å². The number of carbonyl (C=O) groups is 3. The zero-order valence-electron chi connectivity index (χ0n) is 15.6. The van der Waals surface area contributed by atoms with E-state index in [9.17, 15) is 22.8 Å². The van der Waals surface area contributed by atoms with Gasteiger partial charge < -0.3 is 20.0 Å². The molecule has 0 spiro atoms. The summed E-state index contributed by atoms with van der Waals surface area (Å²) in [5.41, 5.74) is 1.05. The lowest BCUT2D eigenvalue weighted by molar-refractivity contribution is -0.192. The van der Waals surface area contributed by atoms with Crippen LogP contribution < -0.4 is 4.90 Å². The largest absolute Gasteiger partial charge is 0.490 e. The molecular weight excluding hydrogens is 395 g/mol. The van der Waals surface area contributed by atoms with Crippen LogP contribution in [0.4, 0.5) is 19.0 Å². The molecule has 0 radical (unpaired) electrons. The van der Waals surface area contributed by atoms with Crippen molar-refractivity contribution in [2.75, 3.05) is 24.5 Å². The number of nitrogens with zero attached hydrogens (tertiary/aromatic N) is 3. The fourth-order valence-corrected chi connectivity index (χ4v) is 2.85. The van der Waals surface area contributed by atoms with Gasteiger partial charge in [-0.3, -0.25) is 9.59 Å². The Morgan fingerprint density at radius 3 is 2.34 bits per heavy atom. The minimum Gasteiger partial charge on any atom is -0.481 e. The Labute approximate surface area is 164 Å². The van der Waals surface area contributed by atoms with E-state index < -0.39 is 18.1 Å². The summed E-state index contributed by atoms with van der Waals surface area (Å²) in [6, 6.07) is 3.89. The third-order valence-corrected chi connectivity index (χ3v) is 4.49. The molecule has 0 saturated heterocycles. The van der Waals surface area contributed by atoms with Gasteiger partial charge in [-0.1, -0.05) is 6.07 Å². The Hall–Kier alpha value is -2.85. The Balaban J connectivity index is 0.000000370. The lowest BCUT2D eigenvalue weighted by Gasteiger charge is -2.23. The van der Waals surface area contributed by atoms with Crippen molar-refractivity contribution in [3.05, 3.63) is 23.9 Å². The van der Waals surface area contributed by atoms with Gasteiger partial charge in [0.15, 0.2) is 0 Å². The minimum atomic E-state index is -5.08. The Morgan fingerprint density at radius 2 is 1.79 bits per heavy atom. The van der Waals surface area contributed by atoms with Crippen molar-refractivity contribution in [2.45, 2.75) is 38.4 Å². The molecule has 2 aliphatic rings. The minimum absolute atomic E-state index is 0.0630. The molecule has 0 aromatic carbocycles. The summed E-state index contributed by atoms with van der Waals surface area (Å²) in [5.74, 6) is -2.05. The molecule has 0 atom stereocenters. The third-order valence-electron chi connectivity index (χ3n) is 4.49. The normalized spacial score (nSPS) is 16.2. The van der Waals surface area contributed by atoms with E-state index in [1.54, 1.807) is 11.1 Å². The number of fused-ring (bicyclic) bond motifs is 1. The molecule has 1 aliphatic carbocycles. The summed E-state index contributed by atoms with van der Waals surface area (Å²) in [6.07, 6.45) is -0.783. The molecule has 1 aromatic rings. The lowest BCUT2D eigenvalue weighted by atomic mass is 10.2. The molecule has 0 unspecified atom stereocenters. The number of halogens is 3. The van der Waals surface area contributed by atoms with Crippen molar-refractivity contribution in [2.24, 2.45) is 5.92 Å². The van der Waals surface area contributed by atoms with E-state index in [1.807, 2.05) is 12.1 Å². The van der Waals surface area contributed by atoms with Crippen molar-refractivity contribution in [1.29, 1.82) is 0 Å². The summed E-state index contributed by atoms with van der Waals surface area (Å²) in [6.45, 7) is 2.91. The predicted octanol–water partition coefficient (Wildman–Crippen LogP) is 2.14. The molecule has 1 aromatic heterocycles. The van der Waals surface area contributed by atoms with Crippen molar-refractivity contribution >= 4 is 23.7 Å². The average molecular weight is 417 g/mol. The van der Waals surface area contributed by atoms with Gasteiger partial charge in [-0.25, -0.2) is 9.78 Å².